The Balaban J connectivity index is 2.03. The molecule has 0 aromatic carbocycles. The zero-order chi connectivity index (χ0) is 12.3. The predicted octanol–water partition coefficient (Wildman–Crippen LogP) is 1.98. The van der Waals surface area contributed by atoms with E-state index in [1.807, 2.05) is 6.92 Å². The third-order valence-corrected chi connectivity index (χ3v) is 3.53. The summed E-state index contributed by atoms with van der Waals surface area (Å²) < 4.78 is 10.5. The van der Waals surface area contributed by atoms with Gasteiger partial charge in [-0.3, -0.25) is 0 Å². The molecule has 1 aromatic rings. The Hall–Kier alpha value is -0.940. The molecule has 1 unspecified atom stereocenters. The maximum atomic E-state index is 6.28. The lowest BCUT2D eigenvalue weighted by molar-refractivity contribution is 0.0903. The van der Waals surface area contributed by atoms with Gasteiger partial charge in [-0.1, -0.05) is 24.9 Å². The van der Waals surface area contributed by atoms with E-state index in [0.717, 1.165) is 19.3 Å². The van der Waals surface area contributed by atoms with Crippen LogP contribution >= 0.6 is 0 Å². The van der Waals surface area contributed by atoms with E-state index >= 15 is 0 Å². The summed E-state index contributed by atoms with van der Waals surface area (Å²) in [6.07, 6.45) is 5.94. The number of methoxy groups -OCH3 is 1. The predicted molar refractivity (Wildman–Crippen MR) is 63.4 cm³/mol. The van der Waals surface area contributed by atoms with Crippen LogP contribution < -0.4 is 5.73 Å². The number of rotatable bonds is 5. The lowest BCUT2D eigenvalue weighted by Gasteiger charge is -2.20. The van der Waals surface area contributed by atoms with E-state index in [4.69, 9.17) is 15.0 Å². The van der Waals surface area contributed by atoms with E-state index in [1.165, 1.54) is 12.8 Å². The van der Waals surface area contributed by atoms with Gasteiger partial charge in [0.05, 0.1) is 0 Å². The molecule has 0 radical (unpaired) electrons. The molecule has 1 atom stereocenters. The Morgan fingerprint density at radius 1 is 1.47 bits per heavy atom. The molecule has 1 aliphatic rings. The maximum Gasteiger partial charge on any atom is 0.228 e. The third-order valence-electron chi connectivity index (χ3n) is 3.53. The molecule has 0 aliphatic heterocycles. The van der Waals surface area contributed by atoms with Gasteiger partial charge < -0.3 is 15.0 Å². The molecule has 0 amide bonds. The lowest BCUT2D eigenvalue weighted by Crippen LogP contribution is -2.38. The van der Waals surface area contributed by atoms with Crippen molar-refractivity contribution >= 4 is 0 Å². The fraction of sp³-hybridized carbons (Fsp3) is 0.833. The maximum absolute atomic E-state index is 6.28. The second kappa shape index (κ2) is 5.14. The molecule has 17 heavy (non-hydrogen) atoms. The van der Waals surface area contributed by atoms with Crippen molar-refractivity contribution in [3.05, 3.63) is 11.7 Å². The van der Waals surface area contributed by atoms with Crippen LogP contribution in [-0.2, 0) is 11.2 Å². The van der Waals surface area contributed by atoms with Crippen molar-refractivity contribution in [1.82, 2.24) is 10.1 Å². The van der Waals surface area contributed by atoms with Crippen LogP contribution in [0.4, 0.5) is 0 Å². The van der Waals surface area contributed by atoms with E-state index in [1.54, 1.807) is 7.11 Å². The topological polar surface area (TPSA) is 74.2 Å². The van der Waals surface area contributed by atoms with Gasteiger partial charge in [0.1, 0.15) is 6.10 Å². The highest BCUT2D eigenvalue weighted by atomic mass is 16.5. The summed E-state index contributed by atoms with van der Waals surface area (Å²) in [5.41, 5.74) is 6.14. The molecular weight excluding hydrogens is 218 g/mol. The summed E-state index contributed by atoms with van der Waals surface area (Å²) in [5, 5.41) is 3.96. The molecule has 5 nitrogen and oxygen atoms in total. The molecule has 1 heterocycles. The number of ether oxygens (including phenoxy) is 1. The second-order valence-electron chi connectivity index (χ2n) is 4.93. The van der Waals surface area contributed by atoms with Crippen molar-refractivity contribution < 1.29 is 9.26 Å². The average molecular weight is 239 g/mol. The SMILES string of the molecule is CCC(OC)c1noc(CC2(N)CCCC2)n1. The van der Waals surface area contributed by atoms with Gasteiger partial charge in [-0.05, 0) is 19.3 Å². The van der Waals surface area contributed by atoms with E-state index in [2.05, 4.69) is 10.1 Å². The highest BCUT2D eigenvalue weighted by molar-refractivity contribution is 4.99. The van der Waals surface area contributed by atoms with E-state index in [9.17, 15) is 0 Å². The summed E-state index contributed by atoms with van der Waals surface area (Å²) in [6.45, 7) is 2.03. The fourth-order valence-electron chi connectivity index (χ4n) is 2.48. The molecule has 1 saturated carbocycles. The zero-order valence-corrected chi connectivity index (χ0v) is 10.6. The first-order valence-corrected chi connectivity index (χ1v) is 6.31. The Bertz CT molecular complexity index is 354. The molecule has 0 bridgehead atoms. The molecular formula is C12H21N3O2. The number of nitrogens with two attached hydrogens (primary N) is 1. The van der Waals surface area contributed by atoms with E-state index < -0.39 is 0 Å². The first-order valence-electron chi connectivity index (χ1n) is 6.31. The van der Waals surface area contributed by atoms with Crippen LogP contribution in [0.25, 0.3) is 0 Å². The van der Waals surface area contributed by atoms with Gasteiger partial charge in [0, 0.05) is 19.1 Å². The second-order valence-corrected chi connectivity index (χ2v) is 4.93. The highest BCUT2D eigenvalue weighted by Gasteiger charge is 2.32. The first-order chi connectivity index (χ1) is 8.17. The summed E-state index contributed by atoms with van der Waals surface area (Å²) in [6, 6.07) is 0. The smallest absolute Gasteiger partial charge is 0.228 e. The Morgan fingerprint density at radius 2 is 2.18 bits per heavy atom. The molecule has 1 fully saturated rings. The number of hydrogen-bond donors (Lipinski definition) is 1. The van der Waals surface area contributed by atoms with Gasteiger partial charge in [0.2, 0.25) is 11.7 Å². The van der Waals surface area contributed by atoms with Crippen molar-refractivity contribution in [2.75, 3.05) is 7.11 Å². The number of aromatic nitrogens is 2. The minimum absolute atomic E-state index is 0.0789. The van der Waals surface area contributed by atoms with Crippen LogP contribution in [0.1, 0.15) is 56.8 Å². The first kappa shape index (κ1) is 12.5. The minimum Gasteiger partial charge on any atom is -0.373 e. The van der Waals surface area contributed by atoms with E-state index in [-0.39, 0.29) is 11.6 Å². The highest BCUT2D eigenvalue weighted by Crippen LogP contribution is 2.30. The van der Waals surface area contributed by atoms with Gasteiger partial charge in [-0.15, -0.1) is 0 Å². The molecule has 2 N–H and O–H groups in total. The number of hydrogen-bond acceptors (Lipinski definition) is 5. The Kier molecular flexibility index (Phi) is 3.79. The van der Waals surface area contributed by atoms with Gasteiger partial charge in [-0.2, -0.15) is 4.98 Å². The van der Waals surface area contributed by atoms with Crippen molar-refractivity contribution in [3.8, 4) is 0 Å². The Labute approximate surface area is 102 Å². The van der Waals surface area contributed by atoms with Crippen molar-refractivity contribution in [2.45, 2.75) is 57.1 Å². The van der Waals surface area contributed by atoms with Crippen molar-refractivity contribution in [3.63, 3.8) is 0 Å². The van der Waals surface area contributed by atoms with Gasteiger partial charge in [0.15, 0.2) is 0 Å². The summed E-state index contributed by atoms with van der Waals surface area (Å²) in [7, 11) is 1.66. The van der Waals surface area contributed by atoms with Gasteiger partial charge in [0.25, 0.3) is 0 Å². The zero-order valence-electron chi connectivity index (χ0n) is 10.6. The molecule has 5 heteroatoms. The monoisotopic (exact) mass is 239 g/mol. The third kappa shape index (κ3) is 2.84. The van der Waals surface area contributed by atoms with Gasteiger partial charge in [-0.25, -0.2) is 0 Å². The van der Waals surface area contributed by atoms with E-state index in [0.29, 0.717) is 18.1 Å². The normalized spacial score (nSPS) is 20.6. The minimum atomic E-state index is -0.140. The van der Waals surface area contributed by atoms with Crippen LogP contribution in [-0.4, -0.2) is 22.8 Å². The van der Waals surface area contributed by atoms with Crippen LogP contribution in [0.5, 0.6) is 0 Å². The lowest BCUT2D eigenvalue weighted by atomic mass is 9.95. The number of nitrogens with zero attached hydrogens (tertiary/aromatic N) is 2. The molecule has 1 aromatic heterocycles. The Morgan fingerprint density at radius 3 is 2.76 bits per heavy atom. The molecule has 0 saturated heterocycles. The quantitative estimate of drug-likeness (QED) is 0.850. The van der Waals surface area contributed by atoms with Crippen LogP contribution in [0.3, 0.4) is 0 Å². The van der Waals surface area contributed by atoms with Gasteiger partial charge >= 0.3 is 0 Å². The van der Waals surface area contributed by atoms with Crippen LogP contribution in [0.2, 0.25) is 0 Å². The molecule has 0 spiro atoms. The molecule has 96 valence electrons. The average Bonchev–Trinajstić information content (AvgIpc) is 2.91. The van der Waals surface area contributed by atoms with Crippen molar-refractivity contribution in [2.24, 2.45) is 5.73 Å². The largest absolute Gasteiger partial charge is 0.373 e. The summed E-state index contributed by atoms with van der Waals surface area (Å²) in [5.74, 6) is 1.27. The van der Waals surface area contributed by atoms with Crippen LogP contribution in [0, 0.1) is 0 Å². The fourth-order valence-corrected chi connectivity index (χ4v) is 2.48. The van der Waals surface area contributed by atoms with Crippen LogP contribution in [0.15, 0.2) is 4.52 Å². The summed E-state index contributed by atoms with van der Waals surface area (Å²) >= 11 is 0. The standard InChI is InChI=1S/C12H21N3O2/c1-3-9(16-2)11-14-10(17-15-11)8-12(13)6-4-5-7-12/h9H,3-8,13H2,1-2H3. The summed E-state index contributed by atoms with van der Waals surface area (Å²) in [4.78, 5) is 4.38. The molecule has 1 aliphatic carbocycles. The van der Waals surface area contributed by atoms with Crippen molar-refractivity contribution in [1.29, 1.82) is 0 Å². The molecule has 2 rings (SSSR count).